The van der Waals surface area contributed by atoms with Crippen LogP contribution in [0.3, 0.4) is 0 Å². The summed E-state index contributed by atoms with van der Waals surface area (Å²) in [6.45, 7) is 1.24. The Morgan fingerprint density at radius 3 is 2.74 bits per heavy atom. The molecule has 0 saturated carbocycles. The molecule has 0 aliphatic carbocycles. The Balaban J connectivity index is 1.41. The van der Waals surface area contributed by atoms with Gasteiger partial charge in [-0.25, -0.2) is 4.98 Å². The van der Waals surface area contributed by atoms with Crippen LogP contribution in [-0.2, 0) is 6.54 Å². The Morgan fingerprint density at radius 2 is 1.93 bits per heavy atom. The van der Waals surface area contributed by atoms with Gasteiger partial charge in [0.2, 0.25) is 5.28 Å². The van der Waals surface area contributed by atoms with Crippen LogP contribution in [0, 0.1) is 0 Å². The standard InChI is InChI=1S/C17H15ClN6O2S/c18-16-22-14(20-10-12-19-6-9-27-12)13-15(23-16)24-17(21-13)26-8-7-25-11-4-2-1-3-5-11/h1-6,9H,7-8,10H2,(H2,20,21,22,23,24). The molecule has 0 radical (unpaired) electrons. The summed E-state index contributed by atoms with van der Waals surface area (Å²) in [5.41, 5.74) is 1.05. The second kappa shape index (κ2) is 8.19. The van der Waals surface area contributed by atoms with Crippen molar-refractivity contribution in [2.45, 2.75) is 6.54 Å². The fraction of sp³-hybridized carbons (Fsp3) is 0.176. The van der Waals surface area contributed by atoms with Gasteiger partial charge in [0.05, 0.1) is 6.54 Å². The van der Waals surface area contributed by atoms with E-state index in [1.807, 2.05) is 35.7 Å². The molecule has 0 saturated heterocycles. The molecular weight excluding hydrogens is 388 g/mol. The number of halogens is 1. The van der Waals surface area contributed by atoms with E-state index in [1.54, 1.807) is 17.5 Å². The van der Waals surface area contributed by atoms with Crippen molar-refractivity contribution in [2.24, 2.45) is 0 Å². The quantitative estimate of drug-likeness (QED) is 0.343. The Hall–Kier alpha value is -2.91. The number of aromatic amines is 1. The summed E-state index contributed by atoms with van der Waals surface area (Å²) >= 11 is 7.56. The maximum Gasteiger partial charge on any atom is 0.296 e. The molecule has 4 aromatic rings. The molecular formula is C17H15ClN6O2S. The van der Waals surface area contributed by atoms with Crippen molar-refractivity contribution in [3.8, 4) is 11.8 Å². The second-order valence-electron chi connectivity index (χ2n) is 5.37. The van der Waals surface area contributed by atoms with Gasteiger partial charge in [-0.3, -0.25) is 4.98 Å². The van der Waals surface area contributed by atoms with Crippen LogP contribution in [0.15, 0.2) is 41.9 Å². The normalized spacial score (nSPS) is 10.9. The van der Waals surface area contributed by atoms with Crippen LogP contribution < -0.4 is 14.8 Å². The summed E-state index contributed by atoms with van der Waals surface area (Å²) < 4.78 is 11.2. The topological polar surface area (TPSA) is 97.8 Å². The Morgan fingerprint density at radius 1 is 1.07 bits per heavy atom. The molecule has 8 nitrogen and oxygen atoms in total. The van der Waals surface area contributed by atoms with E-state index in [0.29, 0.717) is 42.8 Å². The van der Waals surface area contributed by atoms with Crippen molar-refractivity contribution >= 4 is 39.9 Å². The molecule has 1 aromatic carbocycles. The molecule has 0 aliphatic heterocycles. The Kier molecular flexibility index (Phi) is 5.31. The fourth-order valence-corrected chi connectivity index (χ4v) is 3.08. The third-order valence-corrected chi connectivity index (χ3v) is 4.47. The van der Waals surface area contributed by atoms with Gasteiger partial charge < -0.3 is 14.8 Å². The van der Waals surface area contributed by atoms with Gasteiger partial charge in [0.1, 0.15) is 24.0 Å². The lowest BCUT2D eigenvalue weighted by Gasteiger charge is -2.05. The number of ether oxygens (including phenoxy) is 2. The zero-order chi connectivity index (χ0) is 18.5. The van der Waals surface area contributed by atoms with Gasteiger partial charge in [0.15, 0.2) is 17.0 Å². The molecule has 138 valence electrons. The van der Waals surface area contributed by atoms with Crippen LogP contribution in [0.1, 0.15) is 5.01 Å². The summed E-state index contributed by atoms with van der Waals surface area (Å²) in [5.74, 6) is 1.31. The van der Waals surface area contributed by atoms with Gasteiger partial charge >= 0.3 is 0 Å². The van der Waals surface area contributed by atoms with Gasteiger partial charge in [0.25, 0.3) is 6.01 Å². The third-order valence-electron chi connectivity index (χ3n) is 3.52. The first-order valence-electron chi connectivity index (χ1n) is 8.14. The van der Waals surface area contributed by atoms with E-state index in [-0.39, 0.29) is 5.28 Å². The Labute approximate surface area is 163 Å². The smallest absolute Gasteiger partial charge is 0.296 e. The number of thiazole rings is 1. The minimum atomic E-state index is 0.117. The highest BCUT2D eigenvalue weighted by atomic mass is 35.5. The molecule has 0 fully saturated rings. The second-order valence-corrected chi connectivity index (χ2v) is 6.69. The summed E-state index contributed by atoms with van der Waals surface area (Å²) in [4.78, 5) is 20.0. The molecule has 3 heterocycles. The van der Waals surface area contributed by atoms with E-state index in [0.717, 1.165) is 10.8 Å². The van der Waals surface area contributed by atoms with Crippen molar-refractivity contribution in [3.05, 3.63) is 52.2 Å². The monoisotopic (exact) mass is 402 g/mol. The lowest BCUT2D eigenvalue weighted by atomic mass is 10.3. The van der Waals surface area contributed by atoms with E-state index < -0.39 is 0 Å². The predicted molar refractivity (Wildman–Crippen MR) is 104 cm³/mol. The molecule has 2 N–H and O–H groups in total. The molecule has 0 unspecified atom stereocenters. The molecule has 0 spiro atoms. The first-order valence-corrected chi connectivity index (χ1v) is 9.40. The van der Waals surface area contributed by atoms with Crippen molar-refractivity contribution in [3.63, 3.8) is 0 Å². The summed E-state index contributed by atoms with van der Waals surface area (Å²) in [7, 11) is 0. The average molecular weight is 403 g/mol. The number of rotatable bonds is 8. The SMILES string of the molecule is Clc1nc(NCc2nccs2)c2nc(OCCOc3ccccc3)[nH]c2n1. The van der Waals surface area contributed by atoms with Gasteiger partial charge in [-0.05, 0) is 23.7 Å². The molecule has 10 heteroatoms. The van der Waals surface area contributed by atoms with Crippen molar-refractivity contribution < 1.29 is 9.47 Å². The highest BCUT2D eigenvalue weighted by Gasteiger charge is 2.13. The van der Waals surface area contributed by atoms with Crippen LogP contribution in [0.25, 0.3) is 11.2 Å². The number of H-pyrrole nitrogens is 1. The number of imidazole rings is 1. The van der Waals surface area contributed by atoms with E-state index in [9.17, 15) is 0 Å². The number of hydrogen-bond acceptors (Lipinski definition) is 8. The zero-order valence-corrected chi connectivity index (χ0v) is 15.6. The molecule has 0 aliphatic rings. The number of aromatic nitrogens is 5. The lowest BCUT2D eigenvalue weighted by molar-refractivity contribution is 0.208. The van der Waals surface area contributed by atoms with Crippen molar-refractivity contribution in [1.29, 1.82) is 0 Å². The van der Waals surface area contributed by atoms with Crippen molar-refractivity contribution in [1.82, 2.24) is 24.9 Å². The number of benzene rings is 1. The highest BCUT2D eigenvalue weighted by Crippen LogP contribution is 2.23. The van der Waals surface area contributed by atoms with Gasteiger partial charge in [0, 0.05) is 11.6 Å². The van der Waals surface area contributed by atoms with Crippen molar-refractivity contribution in [2.75, 3.05) is 18.5 Å². The summed E-state index contributed by atoms with van der Waals surface area (Å²) in [6, 6.07) is 9.87. The van der Waals surface area contributed by atoms with Crippen LogP contribution in [-0.4, -0.2) is 38.1 Å². The van der Waals surface area contributed by atoms with E-state index in [2.05, 4.69) is 30.2 Å². The number of fused-ring (bicyclic) bond motifs is 1. The molecule has 4 rings (SSSR count). The number of anilines is 1. The van der Waals surface area contributed by atoms with Gasteiger partial charge in [-0.15, -0.1) is 11.3 Å². The van der Waals surface area contributed by atoms with Crippen LogP contribution >= 0.6 is 22.9 Å². The summed E-state index contributed by atoms with van der Waals surface area (Å²) in [6.07, 6.45) is 1.75. The first-order chi connectivity index (χ1) is 13.3. The number of nitrogens with one attached hydrogen (secondary N) is 2. The highest BCUT2D eigenvalue weighted by molar-refractivity contribution is 7.09. The number of nitrogens with zero attached hydrogens (tertiary/aromatic N) is 4. The van der Waals surface area contributed by atoms with E-state index >= 15 is 0 Å². The van der Waals surface area contributed by atoms with E-state index in [1.165, 1.54) is 0 Å². The predicted octanol–water partition coefficient (Wildman–Crippen LogP) is 3.53. The van der Waals surface area contributed by atoms with Crippen LogP contribution in [0.5, 0.6) is 11.8 Å². The molecule has 0 bridgehead atoms. The van der Waals surface area contributed by atoms with E-state index in [4.69, 9.17) is 21.1 Å². The number of hydrogen-bond donors (Lipinski definition) is 2. The zero-order valence-electron chi connectivity index (χ0n) is 14.1. The van der Waals surface area contributed by atoms with Crippen LogP contribution in [0.4, 0.5) is 5.82 Å². The fourth-order valence-electron chi connectivity index (χ4n) is 2.36. The minimum Gasteiger partial charge on any atom is -0.490 e. The van der Waals surface area contributed by atoms with Crippen LogP contribution in [0.2, 0.25) is 5.28 Å². The molecule has 27 heavy (non-hydrogen) atoms. The maximum absolute atomic E-state index is 6.00. The van der Waals surface area contributed by atoms with Gasteiger partial charge in [-0.1, -0.05) is 18.2 Å². The molecule has 0 amide bonds. The summed E-state index contributed by atoms with van der Waals surface area (Å²) in [5, 5.41) is 6.15. The third kappa shape index (κ3) is 4.44. The molecule has 3 aromatic heterocycles. The number of para-hydroxylation sites is 1. The lowest BCUT2D eigenvalue weighted by Crippen LogP contribution is -2.09. The Bertz CT molecular complexity index is 1010. The van der Waals surface area contributed by atoms with Gasteiger partial charge in [-0.2, -0.15) is 15.0 Å². The maximum atomic E-state index is 6.00. The average Bonchev–Trinajstić information content (AvgIpc) is 3.33. The first kappa shape index (κ1) is 17.5. The minimum absolute atomic E-state index is 0.117. The largest absolute Gasteiger partial charge is 0.490 e. The molecule has 0 atom stereocenters.